The van der Waals surface area contributed by atoms with Crippen LogP contribution in [0.2, 0.25) is 5.02 Å². The fourth-order valence-electron chi connectivity index (χ4n) is 4.62. The number of carbonyl (C=O) groups is 1. The number of ether oxygens (including phenoxy) is 1. The monoisotopic (exact) mass is 456 g/mol. The molecule has 3 N–H and O–H groups in total. The summed E-state index contributed by atoms with van der Waals surface area (Å²) in [7, 11) is 1.59. The molecule has 0 radical (unpaired) electrons. The van der Waals surface area contributed by atoms with Crippen molar-refractivity contribution in [3.8, 4) is 5.75 Å². The predicted molar refractivity (Wildman–Crippen MR) is 125 cm³/mol. The molecule has 1 amide bonds. The van der Waals surface area contributed by atoms with Gasteiger partial charge in [0.05, 0.1) is 12.1 Å². The highest BCUT2D eigenvalue weighted by atomic mass is 35.5. The highest BCUT2D eigenvalue weighted by Crippen LogP contribution is 2.45. The van der Waals surface area contributed by atoms with Crippen LogP contribution in [0.25, 0.3) is 0 Å². The number of amides is 1. The molecule has 2 saturated heterocycles. The van der Waals surface area contributed by atoms with Crippen molar-refractivity contribution in [3.63, 3.8) is 0 Å². The first-order valence-corrected chi connectivity index (χ1v) is 11.7. The zero-order chi connectivity index (χ0) is 22.1. The van der Waals surface area contributed by atoms with Gasteiger partial charge in [-0.15, -0.1) is 0 Å². The molecule has 0 bridgehead atoms. The Hall–Kier alpha value is -2.58. The Balaban J connectivity index is 1.35. The fraction of sp³-hybridized carbons (Fsp3) is 0.522. The Labute approximate surface area is 193 Å². The van der Waals surface area contributed by atoms with Crippen LogP contribution in [0.15, 0.2) is 24.4 Å². The van der Waals surface area contributed by atoms with E-state index in [-0.39, 0.29) is 11.9 Å². The first kappa shape index (κ1) is 21.3. The van der Waals surface area contributed by atoms with Crippen molar-refractivity contribution >= 4 is 29.3 Å². The molecule has 3 heterocycles. The van der Waals surface area contributed by atoms with Gasteiger partial charge in [-0.25, -0.2) is 4.98 Å². The van der Waals surface area contributed by atoms with Gasteiger partial charge in [0.25, 0.3) is 5.91 Å². The number of anilines is 2. The molecule has 2 aromatic rings. The molecule has 1 aromatic heterocycles. The van der Waals surface area contributed by atoms with Gasteiger partial charge in [0.2, 0.25) is 5.95 Å². The molecule has 2 unspecified atom stereocenters. The fourth-order valence-corrected chi connectivity index (χ4v) is 4.90. The van der Waals surface area contributed by atoms with Crippen LogP contribution in [0.5, 0.6) is 5.75 Å². The van der Waals surface area contributed by atoms with Gasteiger partial charge in [0, 0.05) is 31.9 Å². The molecular weight excluding hydrogens is 428 g/mol. The lowest BCUT2D eigenvalue weighted by atomic mass is 10.1. The molecule has 0 spiro atoms. The quantitative estimate of drug-likeness (QED) is 0.590. The molecule has 32 heavy (non-hydrogen) atoms. The lowest BCUT2D eigenvalue weighted by Crippen LogP contribution is -2.43. The van der Waals surface area contributed by atoms with Crippen molar-refractivity contribution in [1.82, 2.24) is 20.6 Å². The number of hydrogen-bond donors (Lipinski definition) is 3. The number of benzene rings is 1. The van der Waals surface area contributed by atoms with Crippen LogP contribution in [0.1, 0.15) is 35.2 Å². The lowest BCUT2D eigenvalue weighted by Gasteiger charge is -2.24. The number of rotatable bonds is 7. The van der Waals surface area contributed by atoms with Gasteiger partial charge in [0.1, 0.15) is 17.1 Å². The third-order valence-corrected chi connectivity index (χ3v) is 6.93. The topological polar surface area (TPSA) is 91.4 Å². The number of nitrogens with one attached hydrogen (secondary N) is 3. The standard InChI is InChI=1S/C23H29ClN6O2/c1-32-20-3-2-14(8-19(20)24)10-26-21-18(22(31)28-17-4-6-25-7-5-17)11-27-23(29-21)30-12-15-9-16(15)13-30/h2-3,8,11,15-17,25H,4-7,9-10,12-13H2,1H3,(H,28,31)(H,26,27,29). The van der Waals surface area contributed by atoms with Gasteiger partial charge in [-0.2, -0.15) is 4.98 Å². The maximum absolute atomic E-state index is 13.1. The van der Waals surface area contributed by atoms with Crippen LogP contribution >= 0.6 is 11.6 Å². The van der Waals surface area contributed by atoms with Crippen molar-refractivity contribution in [2.75, 3.05) is 43.5 Å². The summed E-state index contributed by atoms with van der Waals surface area (Å²) >= 11 is 6.28. The van der Waals surface area contributed by atoms with E-state index < -0.39 is 0 Å². The summed E-state index contributed by atoms with van der Waals surface area (Å²) in [6.07, 6.45) is 4.82. The number of aromatic nitrogens is 2. The Morgan fingerprint density at radius 2 is 2.06 bits per heavy atom. The molecule has 3 fully saturated rings. The summed E-state index contributed by atoms with van der Waals surface area (Å²) in [6, 6.07) is 5.81. The second-order valence-corrected chi connectivity index (χ2v) is 9.32. The van der Waals surface area contributed by atoms with Gasteiger partial charge < -0.3 is 25.6 Å². The predicted octanol–water partition coefficient (Wildman–Crippen LogP) is 2.69. The third-order valence-electron chi connectivity index (χ3n) is 6.63. The maximum atomic E-state index is 13.1. The molecule has 1 aliphatic carbocycles. The van der Waals surface area contributed by atoms with Gasteiger partial charge >= 0.3 is 0 Å². The van der Waals surface area contributed by atoms with Crippen LogP contribution in [-0.2, 0) is 6.54 Å². The summed E-state index contributed by atoms with van der Waals surface area (Å²) in [5, 5.41) is 10.4. The zero-order valence-corrected chi connectivity index (χ0v) is 19.0. The number of halogens is 1. The van der Waals surface area contributed by atoms with E-state index in [9.17, 15) is 4.79 Å². The summed E-state index contributed by atoms with van der Waals surface area (Å²) in [5.74, 6) is 3.29. The number of piperidine rings is 2. The molecule has 2 atom stereocenters. The van der Waals surface area contributed by atoms with Gasteiger partial charge in [0.15, 0.2) is 0 Å². The van der Waals surface area contributed by atoms with E-state index in [0.717, 1.165) is 56.4 Å². The van der Waals surface area contributed by atoms with Gasteiger partial charge in [-0.05, 0) is 61.9 Å². The Morgan fingerprint density at radius 3 is 2.78 bits per heavy atom. The van der Waals surface area contributed by atoms with Crippen LogP contribution in [0.4, 0.5) is 11.8 Å². The molecule has 170 valence electrons. The van der Waals surface area contributed by atoms with E-state index in [1.807, 2.05) is 18.2 Å². The third kappa shape index (κ3) is 4.61. The van der Waals surface area contributed by atoms with Crippen LogP contribution in [0.3, 0.4) is 0 Å². The molecule has 5 rings (SSSR count). The molecule has 3 aliphatic rings. The Kier molecular flexibility index (Phi) is 6.06. The maximum Gasteiger partial charge on any atom is 0.256 e. The minimum atomic E-state index is -0.136. The molecule has 8 nitrogen and oxygen atoms in total. The Morgan fingerprint density at radius 1 is 1.28 bits per heavy atom. The average molecular weight is 457 g/mol. The van der Waals surface area contributed by atoms with E-state index in [1.54, 1.807) is 13.3 Å². The Bertz CT molecular complexity index is 986. The normalized spacial score (nSPS) is 22.4. The van der Waals surface area contributed by atoms with E-state index in [4.69, 9.17) is 21.3 Å². The second kappa shape index (κ2) is 9.11. The van der Waals surface area contributed by atoms with Gasteiger partial charge in [-0.1, -0.05) is 17.7 Å². The molecule has 2 aliphatic heterocycles. The zero-order valence-electron chi connectivity index (χ0n) is 18.2. The SMILES string of the molecule is COc1ccc(CNc2nc(N3CC4CC4C3)ncc2C(=O)NC2CCNCC2)cc1Cl. The van der Waals surface area contributed by atoms with Crippen molar-refractivity contribution in [2.24, 2.45) is 11.8 Å². The first-order valence-electron chi connectivity index (χ1n) is 11.3. The highest BCUT2D eigenvalue weighted by Gasteiger charge is 2.46. The van der Waals surface area contributed by atoms with Crippen LogP contribution in [0, 0.1) is 11.8 Å². The number of fused-ring (bicyclic) bond motifs is 1. The molecule has 1 aromatic carbocycles. The van der Waals surface area contributed by atoms with Crippen molar-refractivity contribution < 1.29 is 9.53 Å². The van der Waals surface area contributed by atoms with Gasteiger partial charge in [-0.3, -0.25) is 4.79 Å². The largest absolute Gasteiger partial charge is 0.495 e. The summed E-state index contributed by atoms with van der Waals surface area (Å²) < 4.78 is 5.23. The van der Waals surface area contributed by atoms with E-state index in [0.29, 0.717) is 34.6 Å². The second-order valence-electron chi connectivity index (χ2n) is 8.91. The van der Waals surface area contributed by atoms with Crippen molar-refractivity contribution in [1.29, 1.82) is 0 Å². The first-order chi connectivity index (χ1) is 15.6. The summed E-state index contributed by atoms with van der Waals surface area (Å²) in [6.45, 7) is 4.32. The number of carbonyl (C=O) groups excluding carboxylic acids is 1. The van der Waals surface area contributed by atoms with Crippen molar-refractivity contribution in [3.05, 3.63) is 40.5 Å². The smallest absolute Gasteiger partial charge is 0.256 e. The van der Waals surface area contributed by atoms with Crippen molar-refractivity contribution in [2.45, 2.75) is 31.8 Å². The molecular formula is C23H29ClN6O2. The number of methoxy groups -OCH3 is 1. The lowest BCUT2D eigenvalue weighted by molar-refractivity contribution is 0.0929. The molecule has 1 saturated carbocycles. The molecule has 9 heteroatoms. The number of hydrogen-bond acceptors (Lipinski definition) is 7. The van der Waals surface area contributed by atoms with Crippen LogP contribution in [-0.4, -0.2) is 55.2 Å². The summed E-state index contributed by atoms with van der Waals surface area (Å²) in [5.41, 5.74) is 1.44. The average Bonchev–Trinajstić information content (AvgIpc) is 3.43. The minimum absolute atomic E-state index is 0.136. The van der Waals surface area contributed by atoms with E-state index >= 15 is 0 Å². The van der Waals surface area contributed by atoms with E-state index in [2.05, 4.69) is 25.8 Å². The minimum Gasteiger partial charge on any atom is -0.495 e. The summed E-state index contributed by atoms with van der Waals surface area (Å²) in [4.78, 5) is 24.6. The highest BCUT2D eigenvalue weighted by molar-refractivity contribution is 6.32. The van der Waals surface area contributed by atoms with E-state index in [1.165, 1.54) is 6.42 Å². The van der Waals surface area contributed by atoms with Crippen LogP contribution < -0.4 is 25.6 Å². The number of nitrogens with zero attached hydrogens (tertiary/aromatic N) is 3.